The number of nitrogens with zero attached hydrogens (tertiary/aromatic N) is 2. The summed E-state index contributed by atoms with van der Waals surface area (Å²) in [6.45, 7) is 3.21. The smallest absolute Gasteiger partial charge is 0.257 e. The van der Waals surface area contributed by atoms with Crippen molar-refractivity contribution >= 4 is 34.8 Å². The first-order chi connectivity index (χ1) is 14.5. The number of amides is 2. The monoisotopic (exact) mass is 425 g/mol. The Morgan fingerprint density at radius 2 is 1.87 bits per heavy atom. The highest BCUT2D eigenvalue weighted by Crippen LogP contribution is 2.27. The first kappa shape index (κ1) is 21.8. The van der Waals surface area contributed by atoms with Crippen LogP contribution in [0, 0.1) is 0 Å². The molecule has 0 unspecified atom stereocenters. The molecule has 1 fully saturated rings. The summed E-state index contributed by atoms with van der Waals surface area (Å²) in [4.78, 5) is 29.0. The van der Waals surface area contributed by atoms with E-state index in [0.717, 1.165) is 24.2 Å². The van der Waals surface area contributed by atoms with Crippen molar-refractivity contribution in [2.75, 3.05) is 25.1 Å². The van der Waals surface area contributed by atoms with Crippen molar-refractivity contribution in [3.05, 3.63) is 60.2 Å². The fourth-order valence-electron chi connectivity index (χ4n) is 3.48. The molecule has 3 rings (SSSR count). The van der Waals surface area contributed by atoms with E-state index in [-0.39, 0.29) is 18.2 Å². The van der Waals surface area contributed by atoms with Crippen LogP contribution in [0.5, 0.6) is 5.75 Å². The minimum absolute atomic E-state index is 0.101. The predicted octanol–water partition coefficient (Wildman–Crippen LogP) is 3.16. The molecule has 1 saturated heterocycles. The zero-order valence-electron chi connectivity index (χ0n) is 17.3. The Balaban J connectivity index is 1.75. The maximum absolute atomic E-state index is 13.2. The van der Waals surface area contributed by atoms with Gasteiger partial charge >= 0.3 is 0 Å². The molecule has 0 aliphatic carbocycles. The quantitative estimate of drug-likeness (QED) is 0.518. The molecular formula is C23H27N3O3S. The summed E-state index contributed by atoms with van der Waals surface area (Å²) in [6, 6.07) is 16.4. The van der Waals surface area contributed by atoms with Gasteiger partial charge in [-0.25, -0.2) is 4.90 Å². The van der Waals surface area contributed by atoms with Gasteiger partial charge in [-0.05, 0) is 54.9 Å². The fraction of sp³-hybridized carbons (Fsp3) is 0.348. The van der Waals surface area contributed by atoms with Gasteiger partial charge in [-0.1, -0.05) is 37.3 Å². The van der Waals surface area contributed by atoms with E-state index < -0.39 is 6.04 Å². The number of imide groups is 1. The lowest BCUT2D eigenvalue weighted by molar-refractivity contribution is -0.122. The molecule has 1 heterocycles. The van der Waals surface area contributed by atoms with E-state index in [4.69, 9.17) is 17.0 Å². The predicted molar refractivity (Wildman–Crippen MR) is 122 cm³/mol. The number of nitrogens with one attached hydrogen (secondary N) is 1. The van der Waals surface area contributed by atoms with Crippen LogP contribution in [0.2, 0.25) is 0 Å². The summed E-state index contributed by atoms with van der Waals surface area (Å²) in [7, 11) is 1.73. The molecule has 0 saturated carbocycles. The Labute approximate surface area is 182 Å². The molecule has 2 amide bonds. The third-order valence-corrected chi connectivity index (χ3v) is 5.46. The summed E-state index contributed by atoms with van der Waals surface area (Å²) >= 11 is 5.45. The average molecular weight is 426 g/mol. The standard InChI is InChI=1S/C23H27N3O3S/c1-3-15-29-19-11-9-18(10-12-19)26-21(27)16-20(22(26)28)25(23(30)24-2)14-13-17-7-5-4-6-8-17/h4-12,20H,3,13-16H2,1-2H3,(H,24,30)/t20-/m1/s1. The molecular weight excluding hydrogens is 398 g/mol. The normalized spacial score (nSPS) is 15.9. The second-order valence-corrected chi connectivity index (χ2v) is 7.50. The molecule has 1 N–H and O–H groups in total. The molecule has 0 radical (unpaired) electrons. The lowest BCUT2D eigenvalue weighted by atomic mass is 10.1. The van der Waals surface area contributed by atoms with Gasteiger partial charge in [-0.2, -0.15) is 0 Å². The van der Waals surface area contributed by atoms with E-state index in [1.165, 1.54) is 4.90 Å². The lowest BCUT2D eigenvalue weighted by Crippen LogP contribution is -2.49. The van der Waals surface area contributed by atoms with E-state index >= 15 is 0 Å². The number of carbonyl (C=O) groups is 2. The molecule has 6 nitrogen and oxygen atoms in total. The van der Waals surface area contributed by atoms with Crippen molar-refractivity contribution < 1.29 is 14.3 Å². The van der Waals surface area contributed by atoms with Crippen LogP contribution in [0.3, 0.4) is 0 Å². The highest BCUT2D eigenvalue weighted by molar-refractivity contribution is 7.80. The van der Waals surface area contributed by atoms with Crippen LogP contribution < -0.4 is 15.0 Å². The second kappa shape index (κ2) is 10.2. The Morgan fingerprint density at radius 3 is 2.50 bits per heavy atom. The third kappa shape index (κ3) is 4.97. The minimum Gasteiger partial charge on any atom is -0.494 e. The van der Waals surface area contributed by atoms with Gasteiger partial charge in [-0.15, -0.1) is 0 Å². The van der Waals surface area contributed by atoms with Gasteiger partial charge < -0.3 is 15.0 Å². The molecule has 7 heteroatoms. The van der Waals surface area contributed by atoms with Gasteiger partial charge in [0.05, 0.1) is 18.7 Å². The summed E-state index contributed by atoms with van der Waals surface area (Å²) < 4.78 is 5.58. The summed E-state index contributed by atoms with van der Waals surface area (Å²) in [5.41, 5.74) is 1.70. The molecule has 158 valence electrons. The van der Waals surface area contributed by atoms with E-state index in [0.29, 0.717) is 24.0 Å². The second-order valence-electron chi connectivity index (χ2n) is 7.11. The molecule has 30 heavy (non-hydrogen) atoms. The largest absolute Gasteiger partial charge is 0.494 e. The maximum Gasteiger partial charge on any atom is 0.257 e. The van der Waals surface area contributed by atoms with Crippen molar-refractivity contribution in [2.24, 2.45) is 0 Å². The van der Waals surface area contributed by atoms with Gasteiger partial charge in [0, 0.05) is 13.6 Å². The number of benzene rings is 2. The summed E-state index contributed by atoms with van der Waals surface area (Å²) in [5.74, 6) is 0.237. The van der Waals surface area contributed by atoms with Crippen LogP contribution >= 0.6 is 12.2 Å². The Bertz CT molecular complexity index is 886. The molecule has 1 aliphatic rings. The number of hydrogen-bond donors (Lipinski definition) is 1. The summed E-state index contributed by atoms with van der Waals surface area (Å²) in [6.07, 6.45) is 1.74. The van der Waals surface area contributed by atoms with Crippen molar-refractivity contribution in [3.8, 4) is 5.75 Å². The molecule has 0 spiro atoms. The average Bonchev–Trinajstić information content (AvgIpc) is 3.07. The topological polar surface area (TPSA) is 61.9 Å². The number of rotatable bonds is 8. The van der Waals surface area contributed by atoms with Crippen molar-refractivity contribution in [2.45, 2.75) is 32.2 Å². The van der Waals surface area contributed by atoms with Crippen LogP contribution in [0.25, 0.3) is 0 Å². The lowest BCUT2D eigenvalue weighted by Gasteiger charge is -2.29. The summed E-state index contributed by atoms with van der Waals surface area (Å²) in [5, 5.41) is 3.41. The highest BCUT2D eigenvalue weighted by atomic mass is 32.1. The highest BCUT2D eigenvalue weighted by Gasteiger charge is 2.43. The van der Waals surface area contributed by atoms with Crippen LogP contribution in [-0.2, 0) is 16.0 Å². The van der Waals surface area contributed by atoms with Crippen molar-refractivity contribution in [3.63, 3.8) is 0 Å². The fourth-order valence-corrected chi connectivity index (χ4v) is 3.70. The van der Waals surface area contributed by atoms with Crippen LogP contribution in [0.15, 0.2) is 54.6 Å². The number of anilines is 1. The number of hydrogen-bond acceptors (Lipinski definition) is 4. The van der Waals surface area contributed by atoms with E-state index in [1.54, 1.807) is 31.3 Å². The molecule has 2 aromatic carbocycles. The van der Waals surface area contributed by atoms with Crippen molar-refractivity contribution in [1.29, 1.82) is 0 Å². The zero-order valence-corrected chi connectivity index (χ0v) is 18.2. The zero-order chi connectivity index (χ0) is 21.5. The van der Waals surface area contributed by atoms with Crippen LogP contribution in [0.4, 0.5) is 5.69 Å². The van der Waals surface area contributed by atoms with Gasteiger partial charge in [-0.3, -0.25) is 9.59 Å². The molecule has 1 aliphatic heterocycles. The van der Waals surface area contributed by atoms with Crippen LogP contribution in [0.1, 0.15) is 25.3 Å². The van der Waals surface area contributed by atoms with E-state index in [2.05, 4.69) is 5.32 Å². The van der Waals surface area contributed by atoms with E-state index in [9.17, 15) is 9.59 Å². The van der Waals surface area contributed by atoms with Gasteiger partial charge in [0.15, 0.2) is 5.11 Å². The van der Waals surface area contributed by atoms with Gasteiger partial charge in [0.1, 0.15) is 11.8 Å². The van der Waals surface area contributed by atoms with Crippen LogP contribution in [-0.4, -0.2) is 48.1 Å². The minimum atomic E-state index is -0.614. The molecule has 0 aromatic heterocycles. The number of thiocarbonyl (C=S) groups is 1. The Hall–Kier alpha value is -2.93. The Kier molecular flexibility index (Phi) is 7.41. The number of carbonyl (C=O) groups excluding carboxylic acids is 2. The maximum atomic E-state index is 13.2. The SMILES string of the molecule is CCCOc1ccc(N2C(=O)C[C@@H](N(CCc3ccccc3)C(=S)NC)C2=O)cc1. The van der Waals surface area contributed by atoms with Gasteiger partial charge in [0.25, 0.3) is 5.91 Å². The van der Waals surface area contributed by atoms with E-state index in [1.807, 2.05) is 42.2 Å². The first-order valence-electron chi connectivity index (χ1n) is 10.2. The molecule has 1 atom stereocenters. The number of ether oxygens (including phenoxy) is 1. The van der Waals surface area contributed by atoms with Gasteiger partial charge in [0.2, 0.25) is 5.91 Å². The Morgan fingerprint density at radius 1 is 1.17 bits per heavy atom. The molecule has 2 aromatic rings. The molecule has 0 bridgehead atoms. The third-order valence-electron chi connectivity index (χ3n) is 5.03. The first-order valence-corrected chi connectivity index (χ1v) is 10.6. The van der Waals surface area contributed by atoms with Crippen molar-refractivity contribution in [1.82, 2.24) is 10.2 Å².